The van der Waals surface area contributed by atoms with Crippen molar-refractivity contribution in [2.45, 2.75) is 26.7 Å². The van der Waals surface area contributed by atoms with Crippen LogP contribution in [0.3, 0.4) is 0 Å². The smallest absolute Gasteiger partial charge is 0.330 e. The molecule has 0 fully saturated rings. The van der Waals surface area contributed by atoms with Crippen LogP contribution in [0.4, 0.5) is 0 Å². The molecule has 0 N–H and O–H groups in total. The first-order valence-electron chi connectivity index (χ1n) is 6.37. The number of allylic oxidation sites excluding steroid dienone is 2. The number of esters is 1. The molecule has 96 valence electrons. The van der Waals surface area contributed by atoms with Crippen LogP contribution in [0, 0.1) is 0 Å². The molecule has 0 saturated heterocycles. The molecule has 0 spiro atoms. The molecule has 1 aromatic carbocycles. The Balaban J connectivity index is 2.64. The highest BCUT2D eigenvalue weighted by atomic mass is 16.5. The molecular weight excluding hydrogens is 224 g/mol. The van der Waals surface area contributed by atoms with Crippen LogP contribution in [0.25, 0.3) is 6.08 Å². The topological polar surface area (TPSA) is 26.3 Å². The minimum atomic E-state index is -0.302. The van der Waals surface area contributed by atoms with Crippen molar-refractivity contribution in [3.05, 3.63) is 53.6 Å². The van der Waals surface area contributed by atoms with Crippen molar-refractivity contribution in [2.24, 2.45) is 0 Å². The van der Waals surface area contributed by atoms with Crippen molar-refractivity contribution >= 4 is 12.0 Å². The Morgan fingerprint density at radius 3 is 2.72 bits per heavy atom. The molecule has 0 aliphatic heterocycles. The van der Waals surface area contributed by atoms with Crippen LogP contribution in [0.2, 0.25) is 0 Å². The predicted octanol–water partition coefficient (Wildman–Crippen LogP) is 3.77. The molecular formula is C16H20O2. The average molecular weight is 244 g/mol. The van der Waals surface area contributed by atoms with Crippen LogP contribution < -0.4 is 0 Å². The van der Waals surface area contributed by atoms with E-state index in [-0.39, 0.29) is 5.97 Å². The highest BCUT2D eigenvalue weighted by Gasteiger charge is 1.96. The summed E-state index contributed by atoms with van der Waals surface area (Å²) in [5.74, 6) is -0.302. The van der Waals surface area contributed by atoms with E-state index in [0.717, 1.165) is 12.8 Å². The molecule has 0 unspecified atom stereocenters. The Kier molecular flexibility index (Phi) is 6.55. The summed E-state index contributed by atoms with van der Waals surface area (Å²) >= 11 is 0. The fourth-order valence-electron chi connectivity index (χ4n) is 1.68. The highest BCUT2D eigenvalue weighted by Crippen LogP contribution is 2.12. The van der Waals surface area contributed by atoms with Crippen LogP contribution in [0.5, 0.6) is 0 Å². The van der Waals surface area contributed by atoms with Crippen LogP contribution in [-0.4, -0.2) is 12.6 Å². The maximum atomic E-state index is 11.1. The Morgan fingerprint density at radius 1 is 1.22 bits per heavy atom. The second-order valence-corrected chi connectivity index (χ2v) is 3.92. The number of hydrogen-bond donors (Lipinski definition) is 0. The molecule has 0 aliphatic rings. The number of benzene rings is 1. The second-order valence-electron chi connectivity index (χ2n) is 3.92. The lowest BCUT2D eigenvalue weighted by atomic mass is 10.0. The van der Waals surface area contributed by atoms with Crippen molar-refractivity contribution in [1.29, 1.82) is 0 Å². The highest BCUT2D eigenvalue weighted by molar-refractivity contribution is 5.82. The van der Waals surface area contributed by atoms with Gasteiger partial charge in [0, 0.05) is 6.08 Å². The van der Waals surface area contributed by atoms with E-state index in [1.807, 2.05) is 18.2 Å². The first-order chi connectivity index (χ1) is 8.77. The number of carbonyl (C=O) groups is 1. The molecule has 0 atom stereocenters. The third-order valence-electron chi connectivity index (χ3n) is 2.48. The van der Waals surface area contributed by atoms with Gasteiger partial charge in [0.25, 0.3) is 0 Å². The van der Waals surface area contributed by atoms with E-state index in [2.05, 4.69) is 25.1 Å². The number of aryl methyl sites for hydroxylation is 1. The standard InChI is InChI=1S/C16H20O2/c1-3-9-14-10-5-6-11-15(14)12-7-8-13-16(17)18-4-2/h5-8,10-13H,3-4,9H2,1-2H3. The van der Waals surface area contributed by atoms with Gasteiger partial charge in [0.1, 0.15) is 0 Å². The second kappa shape index (κ2) is 8.29. The number of rotatable bonds is 6. The molecule has 0 amide bonds. The Labute approximate surface area is 109 Å². The van der Waals surface area contributed by atoms with Gasteiger partial charge >= 0.3 is 5.97 Å². The Hall–Kier alpha value is -1.83. The summed E-state index contributed by atoms with van der Waals surface area (Å²) in [6, 6.07) is 8.29. The Bertz CT molecular complexity index is 430. The maximum Gasteiger partial charge on any atom is 0.330 e. The lowest BCUT2D eigenvalue weighted by molar-refractivity contribution is -0.137. The number of hydrogen-bond acceptors (Lipinski definition) is 2. The molecule has 0 bridgehead atoms. The van der Waals surface area contributed by atoms with Crippen LogP contribution in [-0.2, 0) is 16.0 Å². The summed E-state index contributed by atoms with van der Waals surface area (Å²) in [6.07, 6.45) is 9.22. The van der Waals surface area contributed by atoms with E-state index in [1.165, 1.54) is 17.2 Å². The zero-order valence-corrected chi connectivity index (χ0v) is 11.1. The van der Waals surface area contributed by atoms with Gasteiger partial charge < -0.3 is 4.74 Å². The third kappa shape index (κ3) is 5.00. The predicted molar refractivity (Wildman–Crippen MR) is 75.2 cm³/mol. The monoisotopic (exact) mass is 244 g/mol. The molecule has 1 rings (SSSR count). The first-order valence-corrected chi connectivity index (χ1v) is 6.37. The van der Waals surface area contributed by atoms with Gasteiger partial charge in [-0.15, -0.1) is 0 Å². The van der Waals surface area contributed by atoms with Gasteiger partial charge in [0.15, 0.2) is 0 Å². The molecule has 0 heterocycles. The lowest BCUT2D eigenvalue weighted by Crippen LogP contribution is -1.98. The van der Waals surface area contributed by atoms with E-state index in [1.54, 1.807) is 13.0 Å². The van der Waals surface area contributed by atoms with E-state index < -0.39 is 0 Å². The van der Waals surface area contributed by atoms with Gasteiger partial charge in [0.2, 0.25) is 0 Å². The number of carbonyl (C=O) groups excluding carboxylic acids is 1. The van der Waals surface area contributed by atoms with Crippen LogP contribution in [0.1, 0.15) is 31.4 Å². The summed E-state index contributed by atoms with van der Waals surface area (Å²) in [5.41, 5.74) is 2.54. The summed E-state index contributed by atoms with van der Waals surface area (Å²) < 4.78 is 4.80. The molecule has 0 radical (unpaired) electrons. The zero-order valence-electron chi connectivity index (χ0n) is 11.1. The van der Waals surface area contributed by atoms with Crippen molar-refractivity contribution in [2.75, 3.05) is 6.61 Å². The minimum Gasteiger partial charge on any atom is -0.463 e. The van der Waals surface area contributed by atoms with E-state index in [0.29, 0.717) is 6.61 Å². The molecule has 1 aromatic rings. The van der Waals surface area contributed by atoms with Gasteiger partial charge in [-0.2, -0.15) is 0 Å². The normalized spacial score (nSPS) is 11.2. The average Bonchev–Trinajstić information content (AvgIpc) is 2.37. The van der Waals surface area contributed by atoms with Crippen molar-refractivity contribution in [3.63, 3.8) is 0 Å². The van der Waals surface area contributed by atoms with Crippen molar-refractivity contribution < 1.29 is 9.53 Å². The van der Waals surface area contributed by atoms with E-state index >= 15 is 0 Å². The third-order valence-corrected chi connectivity index (χ3v) is 2.48. The number of ether oxygens (including phenoxy) is 1. The fraction of sp³-hybridized carbons (Fsp3) is 0.312. The zero-order chi connectivity index (χ0) is 13.2. The molecule has 18 heavy (non-hydrogen) atoms. The molecule has 0 aliphatic carbocycles. The quantitative estimate of drug-likeness (QED) is 0.432. The molecule has 0 saturated carbocycles. The first kappa shape index (κ1) is 14.2. The van der Waals surface area contributed by atoms with E-state index in [9.17, 15) is 4.79 Å². The summed E-state index contributed by atoms with van der Waals surface area (Å²) in [6.45, 7) is 4.37. The van der Waals surface area contributed by atoms with Gasteiger partial charge in [-0.05, 0) is 24.5 Å². The maximum absolute atomic E-state index is 11.1. The Morgan fingerprint density at radius 2 is 2.00 bits per heavy atom. The molecule has 2 nitrogen and oxygen atoms in total. The van der Waals surface area contributed by atoms with Gasteiger partial charge in [-0.3, -0.25) is 0 Å². The largest absolute Gasteiger partial charge is 0.463 e. The van der Waals surface area contributed by atoms with Gasteiger partial charge in [-0.25, -0.2) is 4.79 Å². The van der Waals surface area contributed by atoms with Gasteiger partial charge in [-0.1, -0.05) is 55.8 Å². The van der Waals surface area contributed by atoms with Gasteiger partial charge in [0.05, 0.1) is 6.61 Å². The molecule has 2 heteroatoms. The lowest BCUT2D eigenvalue weighted by Gasteiger charge is -2.03. The summed E-state index contributed by atoms with van der Waals surface area (Å²) in [4.78, 5) is 11.1. The SMILES string of the molecule is CCCc1ccccc1C=CC=CC(=O)OCC. The van der Waals surface area contributed by atoms with Crippen LogP contribution >= 0.6 is 0 Å². The van der Waals surface area contributed by atoms with Crippen molar-refractivity contribution in [1.82, 2.24) is 0 Å². The minimum absolute atomic E-state index is 0.302. The van der Waals surface area contributed by atoms with Crippen molar-refractivity contribution in [3.8, 4) is 0 Å². The summed E-state index contributed by atoms with van der Waals surface area (Å²) in [7, 11) is 0. The van der Waals surface area contributed by atoms with Crippen LogP contribution in [0.15, 0.2) is 42.5 Å². The van der Waals surface area contributed by atoms with E-state index in [4.69, 9.17) is 4.74 Å². The fourth-order valence-corrected chi connectivity index (χ4v) is 1.68. The molecule has 0 aromatic heterocycles. The summed E-state index contributed by atoms with van der Waals surface area (Å²) in [5, 5.41) is 0.